The molecule has 1 unspecified atom stereocenters. The number of quaternary nitrogens is 2. The van der Waals surface area contributed by atoms with E-state index in [2.05, 4.69) is 18.8 Å². The largest absolute Gasteiger partial charge is 0.326 e. The molecule has 0 radical (unpaired) electrons. The lowest BCUT2D eigenvalue weighted by Crippen LogP contribution is -3.26. The van der Waals surface area contributed by atoms with Crippen LogP contribution in [0.1, 0.15) is 30.7 Å². The zero-order valence-electron chi connectivity index (χ0n) is 13.6. The molecule has 2 aromatic heterocycles. The quantitative estimate of drug-likeness (QED) is 0.833. The molecule has 1 saturated heterocycles. The second-order valence-corrected chi connectivity index (χ2v) is 8.04. The van der Waals surface area contributed by atoms with Crippen molar-refractivity contribution in [3.8, 4) is 0 Å². The number of likely N-dealkylation sites (N-methyl/N-ethyl adjacent to an activating group) is 1. The number of fused-ring (bicyclic) bond motifs is 3. The zero-order chi connectivity index (χ0) is 15.1. The summed E-state index contributed by atoms with van der Waals surface area (Å²) >= 11 is 1.92. The van der Waals surface area contributed by atoms with Gasteiger partial charge in [-0.3, -0.25) is 4.90 Å². The van der Waals surface area contributed by atoms with Crippen molar-refractivity contribution < 1.29 is 9.80 Å². The van der Waals surface area contributed by atoms with Crippen LogP contribution < -0.4 is 9.80 Å². The Balaban J connectivity index is 1.72. The molecular formula is C17H26N4S+2. The number of aromatic nitrogens is 2. The van der Waals surface area contributed by atoms with E-state index in [1.54, 1.807) is 26.6 Å². The average Bonchev–Trinajstić information content (AvgIpc) is 2.92. The van der Waals surface area contributed by atoms with Gasteiger partial charge in [0.05, 0.1) is 11.9 Å². The van der Waals surface area contributed by atoms with Crippen LogP contribution in [-0.4, -0.2) is 42.7 Å². The Labute approximate surface area is 136 Å². The van der Waals surface area contributed by atoms with E-state index in [1.165, 1.54) is 68.0 Å². The molecule has 0 aromatic carbocycles. The highest BCUT2D eigenvalue weighted by molar-refractivity contribution is 7.18. The monoisotopic (exact) mass is 318 g/mol. The van der Waals surface area contributed by atoms with Crippen LogP contribution in [0, 0.1) is 5.92 Å². The van der Waals surface area contributed by atoms with Crippen LogP contribution in [0.25, 0.3) is 10.2 Å². The van der Waals surface area contributed by atoms with Crippen LogP contribution in [0.5, 0.6) is 0 Å². The molecule has 2 aromatic rings. The van der Waals surface area contributed by atoms with E-state index in [-0.39, 0.29) is 0 Å². The van der Waals surface area contributed by atoms with E-state index in [4.69, 9.17) is 4.98 Å². The summed E-state index contributed by atoms with van der Waals surface area (Å²) in [5.74, 6) is 2.10. The first-order chi connectivity index (χ1) is 10.8. The van der Waals surface area contributed by atoms with Crippen LogP contribution >= 0.6 is 11.3 Å². The molecule has 1 aliphatic heterocycles. The third-order valence-corrected chi connectivity index (χ3v) is 6.65. The topological polar surface area (TPSA) is 34.7 Å². The number of hydrogen-bond acceptors (Lipinski definition) is 3. The van der Waals surface area contributed by atoms with Crippen molar-refractivity contribution >= 4 is 27.4 Å². The van der Waals surface area contributed by atoms with E-state index >= 15 is 0 Å². The van der Waals surface area contributed by atoms with Crippen molar-refractivity contribution in [2.45, 2.75) is 33.1 Å². The fourth-order valence-electron chi connectivity index (χ4n) is 4.04. The molecular weight excluding hydrogens is 292 g/mol. The Morgan fingerprint density at radius 1 is 1.23 bits per heavy atom. The van der Waals surface area contributed by atoms with E-state index in [9.17, 15) is 0 Å². The molecule has 1 fully saturated rings. The van der Waals surface area contributed by atoms with Crippen molar-refractivity contribution in [3.05, 3.63) is 16.8 Å². The summed E-state index contributed by atoms with van der Waals surface area (Å²) in [6.07, 6.45) is 5.56. The first-order valence-corrected chi connectivity index (χ1v) is 9.51. The van der Waals surface area contributed by atoms with Gasteiger partial charge < -0.3 is 4.90 Å². The van der Waals surface area contributed by atoms with Gasteiger partial charge >= 0.3 is 0 Å². The van der Waals surface area contributed by atoms with Gasteiger partial charge in [0.2, 0.25) is 5.82 Å². The molecule has 1 aliphatic carbocycles. The first-order valence-electron chi connectivity index (χ1n) is 8.70. The van der Waals surface area contributed by atoms with Crippen LogP contribution in [0.3, 0.4) is 0 Å². The van der Waals surface area contributed by atoms with E-state index in [1.807, 2.05) is 11.3 Å². The van der Waals surface area contributed by atoms with Gasteiger partial charge in [-0.05, 0) is 37.7 Å². The smallest absolute Gasteiger partial charge is 0.238 e. The molecule has 5 heteroatoms. The summed E-state index contributed by atoms with van der Waals surface area (Å²) < 4.78 is 0. The van der Waals surface area contributed by atoms with Crippen LogP contribution in [0.4, 0.5) is 5.82 Å². The summed E-state index contributed by atoms with van der Waals surface area (Å²) in [4.78, 5) is 15.4. The Morgan fingerprint density at radius 2 is 2.05 bits per heavy atom. The fraction of sp³-hybridized carbons (Fsp3) is 0.647. The summed E-state index contributed by atoms with van der Waals surface area (Å²) in [5.41, 5.74) is 1.58. The van der Waals surface area contributed by atoms with Gasteiger partial charge in [0.1, 0.15) is 37.3 Å². The highest BCUT2D eigenvalue weighted by Crippen LogP contribution is 2.38. The molecule has 118 valence electrons. The summed E-state index contributed by atoms with van der Waals surface area (Å²) in [6, 6.07) is 0. The van der Waals surface area contributed by atoms with Crippen LogP contribution in [-0.2, 0) is 12.8 Å². The van der Waals surface area contributed by atoms with Crippen molar-refractivity contribution in [3.63, 3.8) is 0 Å². The highest BCUT2D eigenvalue weighted by atomic mass is 32.1. The van der Waals surface area contributed by atoms with Crippen molar-refractivity contribution in [2.24, 2.45) is 5.92 Å². The number of hydrogen-bond donors (Lipinski definition) is 2. The van der Waals surface area contributed by atoms with Gasteiger partial charge in [0.25, 0.3) is 0 Å². The summed E-state index contributed by atoms with van der Waals surface area (Å²) in [5, 5.41) is 1.41. The standard InChI is InChI=1S/C17H24N4S/c1-3-20-6-8-21(9-7-20)16-15-13-5-4-12(2)10-14(13)22-17(15)19-11-18-16/h11-12H,3-10H2,1-2H3/p+2. The molecule has 0 amide bonds. The lowest BCUT2D eigenvalue weighted by Gasteiger charge is -2.28. The van der Waals surface area contributed by atoms with Gasteiger partial charge in [-0.25, -0.2) is 4.98 Å². The molecule has 2 N–H and O–H groups in total. The maximum absolute atomic E-state index is 4.73. The minimum atomic E-state index is 0.820. The first kappa shape index (κ1) is 14.5. The average molecular weight is 318 g/mol. The van der Waals surface area contributed by atoms with Gasteiger partial charge in [-0.1, -0.05) is 6.92 Å². The molecule has 0 saturated carbocycles. The van der Waals surface area contributed by atoms with E-state index < -0.39 is 0 Å². The Hall–Kier alpha value is -1.04. The third-order valence-electron chi connectivity index (χ3n) is 5.49. The van der Waals surface area contributed by atoms with E-state index in [0.717, 1.165) is 5.92 Å². The maximum atomic E-state index is 4.73. The second kappa shape index (κ2) is 5.87. The number of rotatable bonds is 2. The molecule has 22 heavy (non-hydrogen) atoms. The van der Waals surface area contributed by atoms with Crippen LogP contribution in [0.2, 0.25) is 0 Å². The molecule has 0 spiro atoms. The molecule has 3 heterocycles. The normalized spacial score (nSPS) is 28.7. The number of thiophene rings is 1. The summed E-state index contributed by atoms with van der Waals surface area (Å²) in [7, 11) is 0. The molecule has 1 atom stereocenters. The lowest BCUT2D eigenvalue weighted by atomic mass is 9.89. The van der Waals surface area contributed by atoms with Crippen LogP contribution in [0.15, 0.2) is 6.33 Å². The predicted molar refractivity (Wildman–Crippen MR) is 90.2 cm³/mol. The zero-order valence-corrected chi connectivity index (χ0v) is 14.4. The number of aryl methyl sites for hydroxylation is 1. The minimum absolute atomic E-state index is 0.820. The molecule has 4 rings (SSSR count). The fourth-order valence-corrected chi connectivity index (χ4v) is 5.39. The SMILES string of the molecule is CC[NH+]1CC[NH+](c2ncnc3sc4c(c23)CCC(C)C4)CC1. The predicted octanol–water partition coefficient (Wildman–Crippen LogP) is 0.251. The number of nitrogens with one attached hydrogen (secondary N) is 2. The minimum Gasteiger partial charge on any atom is -0.326 e. The third kappa shape index (κ3) is 2.45. The number of piperazine rings is 1. The Kier molecular flexibility index (Phi) is 3.88. The molecule has 2 aliphatic rings. The van der Waals surface area contributed by atoms with Crippen molar-refractivity contribution in [2.75, 3.05) is 32.7 Å². The highest BCUT2D eigenvalue weighted by Gasteiger charge is 2.30. The summed E-state index contributed by atoms with van der Waals surface area (Å²) in [6.45, 7) is 10.9. The lowest BCUT2D eigenvalue weighted by molar-refractivity contribution is -0.985. The van der Waals surface area contributed by atoms with Gasteiger partial charge in [-0.2, -0.15) is 4.98 Å². The van der Waals surface area contributed by atoms with Gasteiger partial charge in [-0.15, -0.1) is 11.3 Å². The van der Waals surface area contributed by atoms with Gasteiger partial charge in [0.15, 0.2) is 0 Å². The van der Waals surface area contributed by atoms with Crippen molar-refractivity contribution in [1.82, 2.24) is 9.97 Å². The molecule has 0 bridgehead atoms. The van der Waals surface area contributed by atoms with E-state index in [0.29, 0.717) is 0 Å². The van der Waals surface area contributed by atoms with Crippen molar-refractivity contribution in [1.29, 1.82) is 0 Å². The number of nitrogens with zero attached hydrogens (tertiary/aromatic N) is 2. The molecule has 4 nitrogen and oxygen atoms in total. The van der Waals surface area contributed by atoms with Gasteiger partial charge in [0, 0.05) is 4.88 Å². The Morgan fingerprint density at radius 3 is 2.82 bits per heavy atom. The second-order valence-electron chi connectivity index (χ2n) is 6.96. The maximum Gasteiger partial charge on any atom is 0.238 e. The Bertz CT molecular complexity index is 673.